The van der Waals surface area contributed by atoms with Crippen LogP contribution in [0.3, 0.4) is 0 Å². The van der Waals surface area contributed by atoms with Crippen molar-refractivity contribution < 1.29 is 14.3 Å². The van der Waals surface area contributed by atoms with Crippen molar-refractivity contribution in [3.63, 3.8) is 0 Å². The number of ketones is 1. The van der Waals surface area contributed by atoms with E-state index >= 15 is 0 Å². The number of hydrogen-bond donors (Lipinski definition) is 1. The summed E-state index contributed by atoms with van der Waals surface area (Å²) in [4.78, 5) is 12.5. The minimum absolute atomic E-state index is 0.00730. The molecule has 0 aliphatic carbocycles. The fraction of sp³-hybridized carbons (Fsp3) is 0.500. The topological polar surface area (TPSA) is 47.6 Å². The summed E-state index contributed by atoms with van der Waals surface area (Å²) in [6.45, 7) is 1.69. The second kappa shape index (κ2) is 6.26. The van der Waals surface area contributed by atoms with Gasteiger partial charge in [0.05, 0.1) is 24.8 Å². The van der Waals surface area contributed by atoms with Crippen LogP contribution < -0.4 is 14.8 Å². The van der Waals surface area contributed by atoms with Gasteiger partial charge in [0, 0.05) is 18.5 Å². The molecule has 1 unspecified atom stereocenters. The number of piperidine rings is 1. The van der Waals surface area contributed by atoms with Crippen molar-refractivity contribution in [1.29, 1.82) is 0 Å². The van der Waals surface area contributed by atoms with Crippen molar-refractivity contribution in [2.24, 2.45) is 5.92 Å². The van der Waals surface area contributed by atoms with Crippen LogP contribution >= 0.6 is 11.6 Å². The van der Waals surface area contributed by atoms with Gasteiger partial charge in [-0.15, -0.1) is 0 Å². The number of carbonyl (C=O) groups excluding carboxylic acids is 1. The molecule has 1 atom stereocenters. The largest absolute Gasteiger partial charge is 0.496 e. The van der Waals surface area contributed by atoms with Gasteiger partial charge in [-0.1, -0.05) is 11.6 Å². The van der Waals surface area contributed by atoms with Crippen LogP contribution in [0.4, 0.5) is 0 Å². The number of methoxy groups -OCH3 is 2. The first kappa shape index (κ1) is 14.2. The summed E-state index contributed by atoms with van der Waals surface area (Å²) in [6, 6.07) is 3.29. The van der Waals surface area contributed by atoms with E-state index in [1.165, 1.54) is 7.11 Å². The molecule has 0 spiro atoms. The van der Waals surface area contributed by atoms with Gasteiger partial charge < -0.3 is 14.8 Å². The van der Waals surface area contributed by atoms with E-state index in [1.54, 1.807) is 19.2 Å². The van der Waals surface area contributed by atoms with E-state index in [0.717, 1.165) is 19.4 Å². The van der Waals surface area contributed by atoms with E-state index in [4.69, 9.17) is 21.1 Å². The lowest BCUT2D eigenvalue weighted by atomic mass is 9.90. The molecule has 1 aliphatic heterocycles. The lowest BCUT2D eigenvalue weighted by molar-refractivity contribution is 0.0896. The lowest BCUT2D eigenvalue weighted by Gasteiger charge is -2.22. The third-order valence-corrected chi connectivity index (χ3v) is 3.70. The number of carbonyl (C=O) groups is 1. The predicted molar refractivity (Wildman–Crippen MR) is 74.5 cm³/mol. The van der Waals surface area contributed by atoms with Crippen molar-refractivity contribution in [2.75, 3.05) is 27.3 Å². The molecule has 0 amide bonds. The molecule has 1 N–H and O–H groups in total. The summed E-state index contributed by atoms with van der Waals surface area (Å²) >= 11 is 6.09. The summed E-state index contributed by atoms with van der Waals surface area (Å²) in [6.07, 6.45) is 1.92. The predicted octanol–water partition coefficient (Wildman–Crippen LogP) is 2.54. The van der Waals surface area contributed by atoms with Crippen LogP contribution in [0.2, 0.25) is 5.02 Å². The smallest absolute Gasteiger partial charge is 0.170 e. The summed E-state index contributed by atoms with van der Waals surface area (Å²) in [5.41, 5.74) is 0.530. The maximum Gasteiger partial charge on any atom is 0.170 e. The lowest BCUT2D eigenvalue weighted by Crippen LogP contribution is -2.34. The zero-order chi connectivity index (χ0) is 13.8. The third kappa shape index (κ3) is 3.01. The zero-order valence-electron chi connectivity index (χ0n) is 11.2. The molecule has 104 valence electrons. The van der Waals surface area contributed by atoms with Crippen molar-refractivity contribution in [1.82, 2.24) is 5.32 Å². The average molecular weight is 284 g/mol. The molecule has 1 aliphatic rings. The molecule has 2 rings (SSSR count). The second-order valence-corrected chi connectivity index (χ2v) is 5.00. The maximum absolute atomic E-state index is 12.5. The van der Waals surface area contributed by atoms with Crippen LogP contribution in [0.25, 0.3) is 0 Å². The Morgan fingerprint density at radius 2 is 2.05 bits per heavy atom. The van der Waals surface area contributed by atoms with Gasteiger partial charge in [0.15, 0.2) is 5.78 Å². The number of hydrogen-bond acceptors (Lipinski definition) is 4. The van der Waals surface area contributed by atoms with Gasteiger partial charge in [0.2, 0.25) is 0 Å². The number of halogens is 1. The Hall–Kier alpha value is -1.26. The Morgan fingerprint density at radius 1 is 1.32 bits per heavy atom. The van der Waals surface area contributed by atoms with E-state index in [9.17, 15) is 4.79 Å². The minimum Gasteiger partial charge on any atom is -0.496 e. The molecule has 19 heavy (non-hydrogen) atoms. The van der Waals surface area contributed by atoms with Gasteiger partial charge in [-0.05, 0) is 25.5 Å². The van der Waals surface area contributed by atoms with Crippen molar-refractivity contribution in [3.05, 3.63) is 22.7 Å². The number of rotatable bonds is 4. The van der Waals surface area contributed by atoms with E-state index in [0.29, 0.717) is 28.6 Å². The summed E-state index contributed by atoms with van der Waals surface area (Å²) < 4.78 is 10.4. The molecule has 1 aromatic rings. The monoisotopic (exact) mass is 283 g/mol. The first-order chi connectivity index (χ1) is 9.17. The summed E-state index contributed by atoms with van der Waals surface area (Å²) in [5, 5.41) is 3.67. The van der Waals surface area contributed by atoms with Crippen LogP contribution in [0.15, 0.2) is 12.1 Å². The number of nitrogens with one attached hydrogen (secondary N) is 1. The standard InChI is InChI=1S/C14H18ClNO3/c1-18-12-7-13(19-2)11(15)6-10(12)14(17)9-4-3-5-16-8-9/h6-7,9,16H,3-5,8H2,1-2H3. The summed E-state index contributed by atoms with van der Waals surface area (Å²) in [5.74, 6) is 1.09. The molecule has 0 aromatic heterocycles. The molecular formula is C14H18ClNO3. The fourth-order valence-electron chi connectivity index (χ4n) is 2.35. The van der Waals surface area contributed by atoms with E-state index in [-0.39, 0.29) is 11.7 Å². The highest BCUT2D eigenvalue weighted by Gasteiger charge is 2.25. The number of Topliss-reactive ketones (excluding diaryl/α,β-unsaturated/α-hetero) is 1. The van der Waals surface area contributed by atoms with Crippen LogP contribution in [0, 0.1) is 5.92 Å². The van der Waals surface area contributed by atoms with Crippen LogP contribution in [-0.4, -0.2) is 33.1 Å². The molecule has 0 saturated carbocycles. The second-order valence-electron chi connectivity index (χ2n) is 4.59. The van der Waals surface area contributed by atoms with E-state index in [2.05, 4.69) is 5.32 Å². The van der Waals surface area contributed by atoms with Crippen LogP contribution in [0.1, 0.15) is 23.2 Å². The van der Waals surface area contributed by atoms with Gasteiger partial charge in [-0.2, -0.15) is 0 Å². The molecular weight excluding hydrogens is 266 g/mol. The van der Waals surface area contributed by atoms with Crippen molar-refractivity contribution >= 4 is 17.4 Å². The molecule has 0 bridgehead atoms. The van der Waals surface area contributed by atoms with Crippen LogP contribution in [-0.2, 0) is 0 Å². The highest BCUT2D eigenvalue weighted by Crippen LogP contribution is 2.34. The fourth-order valence-corrected chi connectivity index (χ4v) is 2.59. The van der Waals surface area contributed by atoms with Gasteiger partial charge in [-0.25, -0.2) is 0 Å². The summed E-state index contributed by atoms with van der Waals surface area (Å²) in [7, 11) is 3.08. The molecule has 0 radical (unpaired) electrons. The SMILES string of the molecule is COc1cc(OC)c(C(=O)C2CCCNC2)cc1Cl. The minimum atomic E-state index is -0.00730. The van der Waals surface area contributed by atoms with Gasteiger partial charge in [0.1, 0.15) is 11.5 Å². The average Bonchev–Trinajstić information content (AvgIpc) is 2.47. The maximum atomic E-state index is 12.5. The Balaban J connectivity index is 2.32. The Morgan fingerprint density at radius 3 is 2.63 bits per heavy atom. The molecule has 1 saturated heterocycles. The molecule has 1 heterocycles. The third-order valence-electron chi connectivity index (χ3n) is 3.41. The number of benzene rings is 1. The zero-order valence-corrected chi connectivity index (χ0v) is 11.9. The van der Waals surface area contributed by atoms with Gasteiger partial charge in [0.25, 0.3) is 0 Å². The quantitative estimate of drug-likeness (QED) is 0.863. The number of ether oxygens (including phenoxy) is 2. The van der Waals surface area contributed by atoms with Gasteiger partial charge >= 0.3 is 0 Å². The van der Waals surface area contributed by atoms with Gasteiger partial charge in [-0.3, -0.25) is 4.79 Å². The Kier molecular flexibility index (Phi) is 4.66. The molecule has 5 heteroatoms. The highest BCUT2D eigenvalue weighted by molar-refractivity contribution is 6.32. The molecule has 4 nitrogen and oxygen atoms in total. The van der Waals surface area contributed by atoms with E-state index < -0.39 is 0 Å². The normalized spacial score (nSPS) is 19.0. The molecule has 1 aromatic carbocycles. The van der Waals surface area contributed by atoms with Crippen molar-refractivity contribution in [3.8, 4) is 11.5 Å². The first-order valence-corrected chi connectivity index (χ1v) is 6.71. The van der Waals surface area contributed by atoms with Crippen molar-refractivity contribution in [2.45, 2.75) is 12.8 Å². The van der Waals surface area contributed by atoms with Crippen LogP contribution in [0.5, 0.6) is 11.5 Å². The molecule has 1 fully saturated rings. The Bertz CT molecular complexity index is 470. The highest BCUT2D eigenvalue weighted by atomic mass is 35.5. The van der Waals surface area contributed by atoms with E-state index in [1.807, 2.05) is 0 Å². The Labute approximate surface area is 118 Å². The first-order valence-electron chi connectivity index (χ1n) is 6.33.